The second-order valence-electron chi connectivity index (χ2n) is 4.22. The van der Waals surface area contributed by atoms with Gasteiger partial charge in [0.05, 0.1) is 5.60 Å². The fraction of sp³-hybridized carbons (Fsp3) is 1.00. The SMILES string of the molecule is CO[C@]12CCCC[C@H]1C[C@@H]2CO. The largest absolute Gasteiger partial charge is 0.396 e. The van der Waals surface area contributed by atoms with E-state index in [-0.39, 0.29) is 5.60 Å². The lowest BCUT2D eigenvalue weighted by molar-refractivity contribution is -0.203. The molecule has 2 rings (SSSR count). The normalized spacial score (nSPS) is 46.5. The van der Waals surface area contributed by atoms with Crippen molar-refractivity contribution in [1.82, 2.24) is 0 Å². The van der Waals surface area contributed by atoms with Crippen molar-refractivity contribution in [2.75, 3.05) is 13.7 Å². The summed E-state index contributed by atoms with van der Waals surface area (Å²) < 4.78 is 5.62. The molecule has 0 aromatic rings. The first-order chi connectivity index (χ1) is 5.83. The molecule has 0 aliphatic heterocycles. The lowest BCUT2D eigenvalue weighted by Gasteiger charge is -2.57. The third kappa shape index (κ3) is 0.944. The number of ether oxygens (including phenoxy) is 1. The van der Waals surface area contributed by atoms with E-state index in [1.807, 2.05) is 0 Å². The Hall–Kier alpha value is -0.0800. The van der Waals surface area contributed by atoms with Crippen LogP contribution in [0.4, 0.5) is 0 Å². The Morgan fingerprint density at radius 1 is 1.50 bits per heavy atom. The molecule has 0 spiro atoms. The molecule has 0 aromatic carbocycles. The third-order valence-corrected chi connectivity index (χ3v) is 3.92. The first-order valence-electron chi connectivity index (χ1n) is 4.99. The highest BCUT2D eigenvalue weighted by Crippen LogP contribution is 2.54. The number of hydrogen-bond acceptors (Lipinski definition) is 2. The maximum atomic E-state index is 9.14. The van der Waals surface area contributed by atoms with Gasteiger partial charge in [-0.1, -0.05) is 12.8 Å². The van der Waals surface area contributed by atoms with E-state index in [1.54, 1.807) is 7.11 Å². The number of rotatable bonds is 2. The van der Waals surface area contributed by atoms with Crippen LogP contribution in [0.1, 0.15) is 32.1 Å². The molecule has 1 N–H and O–H groups in total. The molecule has 2 heteroatoms. The lowest BCUT2D eigenvalue weighted by Crippen LogP contribution is -2.59. The lowest BCUT2D eigenvalue weighted by atomic mass is 9.55. The van der Waals surface area contributed by atoms with Crippen LogP contribution in [0.3, 0.4) is 0 Å². The molecule has 70 valence electrons. The maximum absolute atomic E-state index is 9.14. The van der Waals surface area contributed by atoms with Crippen molar-refractivity contribution in [1.29, 1.82) is 0 Å². The Bertz CT molecular complexity index is 163. The summed E-state index contributed by atoms with van der Waals surface area (Å²) in [5.74, 6) is 1.17. The molecule has 0 radical (unpaired) electrons. The molecule has 0 aromatic heterocycles. The fourth-order valence-corrected chi connectivity index (χ4v) is 3.14. The van der Waals surface area contributed by atoms with Crippen molar-refractivity contribution >= 4 is 0 Å². The van der Waals surface area contributed by atoms with E-state index in [1.165, 1.54) is 32.1 Å². The van der Waals surface area contributed by atoms with Gasteiger partial charge in [0.1, 0.15) is 0 Å². The molecule has 0 saturated heterocycles. The molecular formula is C10H18O2. The molecule has 2 saturated carbocycles. The summed E-state index contributed by atoms with van der Waals surface area (Å²) in [5.41, 5.74) is 0.0764. The molecular weight excluding hydrogens is 152 g/mol. The quantitative estimate of drug-likeness (QED) is 0.681. The highest BCUT2D eigenvalue weighted by Gasteiger charge is 2.55. The monoisotopic (exact) mass is 170 g/mol. The molecule has 0 unspecified atom stereocenters. The number of fused-ring (bicyclic) bond motifs is 1. The number of aliphatic hydroxyl groups is 1. The smallest absolute Gasteiger partial charge is 0.0756 e. The number of methoxy groups -OCH3 is 1. The molecule has 2 aliphatic rings. The van der Waals surface area contributed by atoms with E-state index in [0.29, 0.717) is 12.5 Å². The summed E-state index contributed by atoms with van der Waals surface area (Å²) in [6.45, 7) is 0.310. The van der Waals surface area contributed by atoms with Gasteiger partial charge >= 0.3 is 0 Å². The fourth-order valence-electron chi connectivity index (χ4n) is 3.14. The van der Waals surface area contributed by atoms with Gasteiger partial charge in [0.15, 0.2) is 0 Å². The van der Waals surface area contributed by atoms with Crippen LogP contribution >= 0.6 is 0 Å². The van der Waals surface area contributed by atoms with Crippen LogP contribution in [-0.2, 0) is 4.74 Å². The summed E-state index contributed by atoms with van der Waals surface area (Å²) >= 11 is 0. The first kappa shape index (κ1) is 8.52. The van der Waals surface area contributed by atoms with Gasteiger partial charge in [-0.05, 0) is 25.2 Å². The molecule has 12 heavy (non-hydrogen) atoms. The van der Waals surface area contributed by atoms with E-state index < -0.39 is 0 Å². The highest BCUT2D eigenvalue weighted by molar-refractivity contribution is 5.05. The summed E-state index contributed by atoms with van der Waals surface area (Å²) in [4.78, 5) is 0. The van der Waals surface area contributed by atoms with Crippen LogP contribution in [0.15, 0.2) is 0 Å². The summed E-state index contributed by atoms with van der Waals surface area (Å²) in [6.07, 6.45) is 6.29. The van der Waals surface area contributed by atoms with Gasteiger partial charge in [-0.15, -0.1) is 0 Å². The molecule has 0 bridgehead atoms. The minimum atomic E-state index is 0.0764. The first-order valence-corrected chi connectivity index (χ1v) is 4.99. The van der Waals surface area contributed by atoms with Gasteiger partial charge in [0.2, 0.25) is 0 Å². The number of hydrogen-bond donors (Lipinski definition) is 1. The zero-order chi connectivity index (χ0) is 8.60. The second kappa shape index (κ2) is 3.00. The summed E-state index contributed by atoms with van der Waals surface area (Å²) in [6, 6.07) is 0. The topological polar surface area (TPSA) is 29.5 Å². The van der Waals surface area contributed by atoms with E-state index in [9.17, 15) is 0 Å². The number of aliphatic hydroxyl groups excluding tert-OH is 1. The third-order valence-electron chi connectivity index (χ3n) is 3.92. The molecule has 0 amide bonds. The molecule has 2 nitrogen and oxygen atoms in total. The Kier molecular flexibility index (Phi) is 2.13. The van der Waals surface area contributed by atoms with Gasteiger partial charge < -0.3 is 9.84 Å². The van der Waals surface area contributed by atoms with Crippen molar-refractivity contribution in [2.45, 2.75) is 37.7 Å². The molecule has 3 atom stereocenters. The average Bonchev–Trinajstić information content (AvgIpc) is 2.08. The summed E-state index contributed by atoms with van der Waals surface area (Å²) in [5, 5.41) is 9.14. The average molecular weight is 170 g/mol. The standard InChI is InChI=1S/C10H18O2/c1-12-10-5-3-2-4-8(10)6-9(10)7-11/h8-9,11H,2-7H2,1H3/t8-,9+,10+/m0/s1. The summed E-state index contributed by atoms with van der Waals surface area (Å²) in [7, 11) is 1.81. The Labute approximate surface area is 73.9 Å². The zero-order valence-electron chi connectivity index (χ0n) is 7.75. The van der Waals surface area contributed by atoms with Crippen molar-refractivity contribution in [2.24, 2.45) is 11.8 Å². The Morgan fingerprint density at radius 2 is 2.33 bits per heavy atom. The minimum Gasteiger partial charge on any atom is -0.396 e. The van der Waals surface area contributed by atoms with Crippen molar-refractivity contribution in [3.05, 3.63) is 0 Å². The van der Waals surface area contributed by atoms with Crippen LogP contribution in [-0.4, -0.2) is 24.4 Å². The predicted octanol–water partition coefficient (Wildman–Crippen LogP) is 1.57. The van der Waals surface area contributed by atoms with Crippen LogP contribution in [0.5, 0.6) is 0 Å². The van der Waals surface area contributed by atoms with Gasteiger partial charge in [0.25, 0.3) is 0 Å². The molecule has 2 fully saturated rings. The van der Waals surface area contributed by atoms with Gasteiger partial charge in [-0.2, -0.15) is 0 Å². The maximum Gasteiger partial charge on any atom is 0.0756 e. The Balaban J connectivity index is 2.08. The van der Waals surface area contributed by atoms with E-state index in [2.05, 4.69) is 0 Å². The minimum absolute atomic E-state index is 0.0764. The molecule has 2 aliphatic carbocycles. The predicted molar refractivity (Wildman–Crippen MR) is 46.9 cm³/mol. The van der Waals surface area contributed by atoms with E-state index >= 15 is 0 Å². The van der Waals surface area contributed by atoms with Crippen LogP contribution in [0.25, 0.3) is 0 Å². The van der Waals surface area contributed by atoms with Crippen LogP contribution in [0, 0.1) is 11.8 Å². The van der Waals surface area contributed by atoms with Crippen molar-refractivity contribution in [3.63, 3.8) is 0 Å². The van der Waals surface area contributed by atoms with Crippen LogP contribution < -0.4 is 0 Å². The van der Waals surface area contributed by atoms with Crippen LogP contribution in [0.2, 0.25) is 0 Å². The van der Waals surface area contributed by atoms with Gasteiger partial charge in [0, 0.05) is 19.6 Å². The van der Waals surface area contributed by atoms with E-state index in [0.717, 1.165) is 5.92 Å². The van der Waals surface area contributed by atoms with Gasteiger partial charge in [-0.3, -0.25) is 0 Å². The Morgan fingerprint density at radius 3 is 2.92 bits per heavy atom. The van der Waals surface area contributed by atoms with Crippen molar-refractivity contribution < 1.29 is 9.84 Å². The zero-order valence-corrected chi connectivity index (χ0v) is 7.75. The van der Waals surface area contributed by atoms with Crippen molar-refractivity contribution in [3.8, 4) is 0 Å². The molecule has 0 heterocycles. The van der Waals surface area contributed by atoms with E-state index in [4.69, 9.17) is 9.84 Å². The highest BCUT2D eigenvalue weighted by atomic mass is 16.5. The van der Waals surface area contributed by atoms with Gasteiger partial charge in [-0.25, -0.2) is 0 Å². The second-order valence-corrected chi connectivity index (χ2v) is 4.22.